The molecule has 3 N–H and O–H groups in total. The lowest BCUT2D eigenvalue weighted by molar-refractivity contribution is 0.0929. The summed E-state index contributed by atoms with van der Waals surface area (Å²) in [6.45, 7) is 0.854. The largest absolute Gasteiger partial charge is 0.450 e. The summed E-state index contributed by atoms with van der Waals surface area (Å²) in [4.78, 5) is 11.6. The summed E-state index contributed by atoms with van der Waals surface area (Å²) in [5.74, 6) is 0.0592. The predicted octanol–water partition coefficient (Wildman–Crippen LogP) is 1.88. The molecule has 5 heteroatoms. The summed E-state index contributed by atoms with van der Waals surface area (Å²) in [7, 11) is 0. The second-order valence-electron chi connectivity index (χ2n) is 3.31. The molecule has 0 aliphatic carbocycles. The molecule has 2 aromatic rings. The average Bonchev–Trinajstić information content (AvgIpc) is 2.71. The first-order valence-corrected chi connectivity index (χ1v) is 5.68. The molecule has 16 heavy (non-hydrogen) atoms. The van der Waals surface area contributed by atoms with Gasteiger partial charge in [-0.3, -0.25) is 4.79 Å². The first-order valence-electron chi connectivity index (χ1n) is 4.88. The zero-order chi connectivity index (χ0) is 11.5. The number of hydrogen-bond acceptors (Lipinski definition) is 3. The van der Waals surface area contributed by atoms with Crippen LogP contribution in [-0.4, -0.2) is 19.0 Å². The third-order valence-corrected chi connectivity index (χ3v) is 2.77. The van der Waals surface area contributed by atoms with Crippen molar-refractivity contribution in [1.29, 1.82) is 0 Å². The van der Waals surface area contributed by atoms with Gasteiger partial charge in [0.2, 0.25) is 0 Å². The van der Waals surface area contributed by atoms with Gasteiger partial charge in [0.25, 0.3) is 5.91 Å². The van der Waals surface area contributed by atoms with Crippen LogP contribution in [0.4, 0.5) is 0 Å². The fraction of sp³-hybridized carbons (Fsp3) is 0.182. The lowest BCUT2D eigenvalue weighted by Gasteiger charge is -1.98. The number of nitrogens with two attached hydrogens (primary N) is 1. The number of carbonyl (C=O) groups excluding carboxylic acids is 1. The van der Waals surface area contributed by atoms with Gasteiger partial charge < -0.3 is 15.5 Å². The molecule has 0 unspecified atom stereocenters. The van der Waals surface area contributed by atoms with Gasteiger partial charge in [0, 0.05) is 18.5 Å². The smallest absolute Gasteiger partial charge is 0.287 e. The van der Waals surface area contributed by atoms with E-state index in [4.69, 9.17) is 10.2 Å². The standard InChI is InChI=1S/C11H11BrN2O2/c12-8-3-1-2-7-6-9(16-10(7)8)11(15)14-5-4-13/h1-3,6H,4-5,13H2,(H,14,15). The average molecular weight is 283 g/mol. The number of fused-ring (bicyclic) bond motifs is 1. The Hall–Kier alpha value is -1.33. The van der Waals surface area contributed by atoms with Gasteiger partial charge in [-0.25, -0.2) is 0 Å². The lowest BCUT2D eigenvalue weighted by atomic mass is 10.2. The van der Waals surface area contributed by atoms with Gasteiger partial charge in [0.1, 0.15) is 5.58 Å². The van der Waals surface area contributed by atoms with E-state index in [2.05, 4.69) is 21.2 Å². The molecule has 0 spiro atoms. The van der Waals surface area contributed by atoms with Gasteiger partial charge in [-0.2, -0.15) is 0 Å². The Labute approximate surface area is 101 Å². The first kappa shape index (κ1) is 11.2. The molecule has 1 aromatic carbocycles. The van der Waals surface area contributed by atoms with E-state index in [1.54, 1.807) is 6.07 Å². The van der Waals surface area contributed by atoms with Gasteiger partial charge in [-0.05, 0) is 28.1 Å². The minimum Gasteiger partial charge on any atom is -0.450 e. The molecule has 0 bridgehead atoms. The second-order valence-corrected chi connectivity index (χ2v) is 4.17. The van der Waals surface area contributed by atoms with E-state index in [-0.39, 0.29) is 5.91 Å². The first-order chi connectivity index (χ1) is 7.72. The zero-order valence-corrected chi connectivity index (χ0v) is 10.1. The van der Waals surface area contributed by atoms with Crippen molar-refractivity contribution in [3.8, 4) is 0 Å². The van der Waals surface area contributed by atoms with Crippen LogP contribution in [0.1, 0.15) is 10.6 Å². The van der Waals surface area contributed by atoms with Gasteiger partial charge in [-0.15, -0.1) is 0 Å². The Kier molecular flexibility index (Phi) is 3.26. The summed E-state index contributed by atoms with van der Waals surface area (Å²) in [5, 5.41) is 3.55. The quantitative estimate of drug-likeness (QED) is 0.903. The monoisotopic (exact) mass is 282 g/mol. The van der Waals surface area contributed by atoms with E-state index < -0.39 is 0 Å². The molecule has 84 valence electrons. The molecular weight excluding hydrogens is 272 g/mol. The highest BCUT2D eigenvalue weighted by Gasteiger charge is 2.12. The number of benzene rings is 1. The van der Waals surface area contributed by atoms with Crippen molar-refractivity contribution >= 4 is 32.8 Å². The number of hydrogen-bond donors (Lipinski definition) is 2. The van der Waals surface area contributed by atoms with Crippen LogP contribution >= 0.6 is 15.9 Å². The SMILES string of the molecule is NCCNC(=O)c1cc2cccc(Br)c2o1. The van der Waals surface area contributed by atoms with Gasteiger partial charge in [-0.1, -0.05) is 12.1 Å². The number of rotatable bonds is 3. The van der Waals surface area contributed by atoms with Crippen molar-refractivity contribution < 1.29 is 9.21 Å². The maximum Gasteiger partial charge on any atom is 0.287 e. The number of furan rings is 1. The molecule has 0 saturated heterocycles. The molecule has 4 nitrogen and oxygen atoms in total. The minimum absolute atomic E-state index is 0.242. The van der Waals surface area contributed by atoms with E-state index in [9.17, 15) is 4.79 Å². The van der Waals surface area contributed by atoms with Crippen LogP contribution in [0.2, 0.25) is 0 Å². The molecule has 0 fully saturated rings. The molecule has 1 heterocycles. The Morgan fingerprint density at radius 3 is 3.00 bits per heavy atom. The van der Waals surface area contributed by atoms with E-state index >= 15 is 0 Å². The minimum atomic E-state index is -0.242. The topological polar surface area (TPSA) is 68.3 Å². The molecule has 1 amide bonds. The van der Waals surface area contributed by atoms with Crippen LogP contribution in [0.15, 0.2) is 33.2 Å². The summed E-state index contributed by atoms with van der Waals surface area (Å²) in [6, 6.07) is 7.37. The highest BCUT2D eigenvalue weighted by atomic mass is 79.9. The fourth-order valence-electron chi connectivity index (χ4n) is 1.41. The number of carbonyl (C=O) groups is 1. The maximum absolute atomic E-state index is 11.6. The molecule has 0 atom stereocenters. The Morgan fingerprint density at radius 1 is 1.50 bits per heavy atom. The normalized spacial score (nSPS) is 10.6. The highest BCUT2D eigenvalue weighted by molar-refractivity contribution is 9.10. The Bertz CT molecular complexity index is 522. The van der Waals surface area contributed by atoms with Crippen molar-refractivity contribution in [3.05, 3.63) is 34.5 Å². The van der Waals surface area contributed by atoms with Gasteiger partial charge in [0.05, 0.1) is 4.47 Å². The third kappa shape index (κ3) is 2.10. The van der Waals surface area contributed by atoms with E-state index in [1.165, 1.54) is 0 Å². The molecule has 0 aliphatic heterocycles. The number of halogens is 1. The summed E-state index contributed by atoms with van der Waals surface area (Å²) < 4.78 is 6.29. The van der Waals surface area contributed by atoms with Crippen LogP contribution in [0.3, 0.4) is 0 Å². The second kappa shape index (κ2) is 4.67. The van der Waals surface area contributed by atoms with Crippen LogP contribution in [0.5, 0.6) is 0 Å². The zero-order valence-electron chi connectivity index (χ0n) is 8.50. The molecular formula is C11H11BrN2O2. The predicted molar refractivity (Wildman–Crippen MR) is 65.3 cm³/mol. The van der Waals surface area contributed by atoms with E-state index in [1.807, 2.05) is 18.2 Å². The number of nitrogens with one attached hydrogen (secondary N) is 1. The summed E-state index contributed by atoms with van der Waals surface area (Å²) in [6.07, 6.45) is 0. The van der Waals surface area contributed by atoms with Crippen LogP contribution in [0.25, 0.3) is 11.0 Å². The van der Waals surface area contributed by atoms with Gasteiger partial charge >= 0.3 is 0 Å². The van der Waals surface area contributed by atoms with Crippen molar-refractivity contribution in [2.75, 3.05) is 13.1 Å². The van der Waals surface area contributed by atoms with Gasteiger partial charge in [0.15, 0.2) is 5.76 Å². The van der Waals surface area contributed by atoms with Crippen molar-refractivity contribution in [2.45, 2.75) is 0 Å². The van der Waals surface area contributed by atoms with Crippen LogP contribution < -0.4 is 11.1 Å². The van der Waals surface area contributed by atoms with Crippen molar-refractivity contribution in [3.63, 3.8) is 0 Å². The molecule has 0 aliphatic rings. The molecule has 1 aromatic heterocycles. The van der Waals surface area contributed by atoms with Crippen molar-refractivity contribution in [2.24, 2.45) is 5.73 Å². The van der Waals surface area contributed by atoms with E-state index in [0.29, 0.717) is 24.4 Å². The summed E-state index contributed by atoms with van der Waals surface area (Å²) >= 11 is 3.37. The van der Waals surface area contributed by atoms with Crippen molar-refractivity contribution in [1.82, 2.24) is 5.32 Å². The van der Waals surface area contributed by atoms with Crippen LogP contribution in [0, 0.1) is 0 Å². The summed E-state index contributed by atoms with van der Waals surface area (Å²) in [5.41, 5.74) is 5.98. The Balaban J connectivity index is 2.32. The third-order valence-electron chi connectivity index (χ3n) is 2.15. The highest BCUT2D eigenvalue weighted by Crippen LogP contribution is 2.26. The lowest BCUT2D eigenvalue weighted by Crippen LogP contribution is -2.28. The number of amides is 1. The molecule has 0 saturated carbocycles. The fourth-order valence-corrected chi connectivity index (χ4v) is 1.87. The van der Waals surface area contributed by atoms with E-state index in [0.717, 1.165) is 9.86 Å². The molecule has 2 rings (SSSR count). The number of para-hydroxylation sites is 1. The Morgan fingerprint density at radius 2 is 2.31 bits per heavy atom. The molecule has 0 radical (unpaired) electrons. The van der Waals surface area contributed by atoms with Crippen LogP contribution in [-0.2, 0) is 0 Å². The maximum atomic E-state index is 11.6.